The first-order valence-electron chi connectivity index (χ1n) is 34.0. The van der Waals surface area contributed by atoms with E-state index in [1.165, 1.54) is 93.2 Å². The van der Waals surface area contributed by atoms with Gasteiger partial charge in [0.25, 0.3) is 0 Å². The molecule has 0 aliphatic heterocycles. The van der Waals surface area contributed by atoms with Crippen LogP contribution in [0.25, 0.3) is 101 Å². The molecule has 0 saturated heterocycles. The Labute approximate surface area is 660 Å². The van der Waals surface area contributed by atoms with Crippen molar-refractivity contribution in [2.75, 3.05) is 0 Å². The molecule has 12 aromatic rings. The van der Waals surface area contributed by atoms with Crippen LogP contribution in [0.4, 0.5) is 0 Å². The minimum absolute atomic E-state index is 0. The molecule has 105 heavy (non-hydrogen) atoms. The molecule has 3 radical (unpaired) electrons. The minimum Gasteiger partial charge on any atom is -0.512 e. The van der Waals surface area contributed by atoms with Gasteiger partial charge in [0.1, 0.15) is 34.0 Å². The molecule has 6 aromatic heterocycles. The molecule has 3 N–H and O–H groups in total. The Bertz CT molecular complexity index is 4950. The van der Waals surface area contributed by atoms with Gasteiger partial charge in [-0.25, -0.2) is 0 Å². The molecule has 0 bridgehead atoms. The van der Waals surface area contributed by atoms with E-state index in [1.54, 1.807) is 0 Å². The third-order valence-corrected chi connectivity index (χ3v) is 16.0. The number of nitrogens with zero attached hydrogens (tertiary/aromatic N) is 3. The Kier molecular flexibility index (Phi) is 32.7. The predicted molar refractivity (Wildman–Crippen MR) is 417 cm³/mol. The Morgan fingerprint density at radius 3 is 0.952 bits per heavy atom. The standard InChI is InChI=1S/C26H26NO.C25H24NO.C24H22NO.3C5H8O2.3Ir/c1-16-10-19(12-21(11-16)26(4,5)6)22-14-23-20(15-27-22)13-24(28-23)25-17(2)8-7-9-18(25)3;1-16-6-8-18(9-7-16)23-13-20-15-26-22(14-24(20)27-23)19-10-17(2)11-21(12-19)25(3,4)5;1-16-10-18(12-20(11-16)24(2,3)4)21-14-23-19(15-25-21)13-22(26-23)17-8-6-5-7-9-17;3*1-4(6)3-5(2)7;;;/h7-9,11-15H,1-6H3;6-9,11-15H,1-5H3;5-9,11-15H,1-4H3;3*3,6H,1-2H3;;;/q3*-1;;;;;;. The van der Waals surface area contributed by atoms with Crippen LogP contribution in [-0.2, 0) is 90.9 Å². The molecule has 0 atom stereocenters. The number of ketones is 3. The zero-order valence-corrected chi connectivity index (χ0v) is 71.1. The second kappa shape index (κ2) is 38.8. The van der Waals surface area contributed by atoms with Crippen LogP contribution in [0.5, 0.6) is 0 Å². The topological polar surface area (TPSA) is 190 Å². The second-order valence-corrected chi connectivity index (χ2v) is 29.0. The number of aryl methyl sites for hydroxylation is 6. The first-order valence-corrected chi connectivity index (χ1v) is 34.0. The van der Waals surface area contributed by atoms with E-state index >= 15 is 0 Å². The van der Waals surface area contributed by atoms with Crippen molar-refractivity contribution < 1.29 is 103 Å². The number of rotatable bonds is 9. The summed E-state index contributed by atoms with van der Waals surface area (Å²) in [4.78, 5) is 44.1. The molecular formula is C90H96Ir3N3O9-3. The first-order chi connectivity index (χ1) is 47.8. The largest absolute Gasteiger partial charge is 0.512 e. The maximum absolute atomic E-state index is 10.0. The van der Waals surface area contributed by atoms with Gasteiger partial charge in [-0.05, 0) is 143 Å². The fraction of sp³-hybridized carbons (Fsp3) is 0.267. The number of aliphatic hydroxyl groups is 3. The summed E-state index contributed by atoms with van der Waals surface area (Å²) < 4.78 is 18.5. The normalized spacial score (nSPS) is 11.5. The monoisotopic (exact) mass is 1940 g/mol. The summed E-state index contributed by atoms with van der Waals surface area (Å²) in [5.74, 6) is 2.44. The summed E-state index contributed by atoms with van der Waals surface area (Å²) in [7, 11) is 0. The smallest absolute Gasteiger partial charge is 0.155 e. The first kappa shape index (κ1) is 88.4. The van der Waals surface area contributed by atoms with Gasteiger partial charge in [-0.1, -0.05) is 161 Å². The van der Waals surface area contributed by atoms with Crippen molar-refractivity contribution in [2.45, 2.75) is 162 Å². The van der Waals surface area contributed by atoms with E-state index in [0.29, 0.717) is 0 Å². The molecule has 0 aliphatic rings. The van der Waals surface area contributed by atoms with E-state index in [9.17, 15) is 14.4 Å². The van der Waals surface area contributed by atoms with Crippen LogP contribution in [0.2, 0.25) is 0 Å². The van der Waals surface area contributed by atoms with Crippen LogP contribution in [0.1, 0.15) is 154 Å². The van der Waals surface area contributed by atoms with Gasteiger partial charge in [-0.15, -0.1) is 105 Å². The summed E-state index contributed by atoms with van der Waals surface area (Å²) >= 11 is 0. The van der Waals surface area contributed by atoms with Gasteiger partial charge in [0.05, 0.1) is 17.3 Å². The average molecular weight is 1940 g/mol. The third-order valence-electron chi connectivity index (χ3n) is 16.0. The minimum atomic E-state index is -0.125. The predicted octanol–water partition coefficient (Wildman–Crippen LogP) is 23.7. The van der Waals surface area contributed by atoms with Crippen molar-refractivity contribution in [3.05, 3.63) is 268 Å². The van der Waals surface area contributed by atoms with Gasteiger partial charge in [0, 0.05) is 130 Å². The number of allylic oxidation sites excluding steroid dienone is 6. The number of aliphatic hydroxyl groups excluding tert-OH is 3. The molecule has 0 unspecified atom stereocenters. The van der Waals surface area contributed by atoms with Crippen molar-refractivity contribution >= 4 is 50.3 Å². The van der Waals surface area contributed by atoms with Crippen LogP contribution >= 0.6 is 0 Å². The number of furan rings is 3. The van der Waals surface area contributed by atoms with Gasteiger partial charge in [-0.2, -0.15) is 0 Å². The quantitative estimate of drug-likeness (QED) is 0.0705. The molecule has 12 rings (SSSR count). The summed E-state index contributed by atoms with van der Waals surface area (Å²) in [5, 5.41) is 28.1. The van der Waals surface area contributed by atoms with Gasteiger partial charge >= 0.3 is 0 Å². The van der Waals surface area contributed by atoms with E-state index in [0.717, 1.165) is 117 Å². The summed E-state index contributed by atoms with van der Waals surface area (Å²) in [6, 6.07) is 60.6. The Morgan fingerprint density at radius 2 is 0.667 bits per heavy atom. The molecule has 12 nitrogen and oxygen atoms in total. The van der Waals surface area contributed by atoms with E-state index in [4.69, 9.17) is 33.6 Å². The third kappa shape index (κ3) is 26.5. The zero-order valence-electron chi connectivity index (χ0n) is 64.0. The van der Waals surface area contributed by atoms with Crippen LogP contribution in [0.15, 0.2) is 213 Å². The number of aromatic nitrogens is 3. The molecule has 0 aliphatic carbocycles. The van der Waals surface area contributed by atoms with E-state index < -0.39 is 0 Å². The molecule has 0 amide bonds. The SMILES string of the molecule is CC(=O)C=C(C)O.CC(=O)C=C(C)O.CC(=O)C=C(C)O.Cc1[c-]c(-c2cc3oc(-c4c(C)cccc4C)cc3cn2)cc(C(C)(C)C)c1.Cc1[c-]c(-c2cc3oc(-c4ccc(C)cc4)cc3cn2)cc(C(C)(C)C)c1.Cc1[c-]c(-c2cc3oc(-c4ccccc4)cc3cn2)cc(C(C)(C)C)c1.[Ir].[Ir].[Ir]. The number of fused-ring (bicyclic) bond motifs is 3. The molecule has 0 fully saturated rings. The zero-order chi connectivity index (χ0) is 75.1. The average Bonchev–Trinajstić information content (AvgIpc) is 1.71. The molecular weight excluding hydrogens is 1840 g/mol. The number of pyridine rings is 3. The molecule has 0 spiro atoms. The Balaban J connectivity index is 0.000000289. The summed E-state index contributed by atoms with van der Waals surface area (Å²) in [6.07, 6.45) is 9.17. The van der Waals surface area contributed by atoms with Gasteiger partial charge in [0.15, 0.2) is 17.3 Å². The van der Waals surface area contributed by atoms with Crippen molar-refractivity contribution in [1.82, 2.24) is 15.0 Å². The molecule has 6 heterocycles. The Hall–Kier alpha value is -9.03. The molecule has 15 heteroatoms. The number of carbonyl (C=O) groups excluding carboxylic acids is 3. The van der Waals surface area contributed by atoms with Crippen molar-refractivity contribution in [3.63, 3.8) is 0 Å². The number of carbonyl (C=O) groups is 3. The van der Waals surface area contributed by atoms with Gasteiger partial charge in [0.2, 0.25) is 0 Å². The van der Waals surface area contributed by atoms with Crippen molar-refractivity contribution in [3.8, 4) is 67.7 Å². The number of hydrogen-bond acceptors (Lipinski definition) is 12. The van der Waals surface area contributed by atoms with Crippen LogP contribution in [0.3, 0.4) is 0 Å². The van der Waals surface area contributed by atoms with Crippen LogP contribution in [0, 0.1) is 59.7 Å². The van der Waals surface area contributed by atoms with E-state index in [-0.39, 0.29) is 111 Å². The maximum atomic E-state index is 10.0. The fourth-order valence-electron chi connectivity index (χ4n) is 10.9. The Morgan fingerprint density at radius 1 is 0.371 bits per heavy atom. The summed E-state index contributed by atoms with van der Waals surface area (Å²) in [6.45, 7) is 41.1. The molecule has 6 aromatic carbocycles. The van der Waals surface area contributed by atoms with E-state index in [1.807, 2.05) is 61.1 Å². The summed E-state index contributed by atoms with van der Waals surface area (Å²) in [5.41, 5.74) is 22.7. The second-order valence-electron chi connectivity index (χ2n) is 29.0. The molecule has 555 valence electrons. The van der Waals surface area contributed by atoms with E-state index in [2.05, 4.69) is 235 Å². The fourth-order valence-corrected chi connectivity index (χ4v) is 10.9. The number of hydrogen-bond donors (Lipinski definition) is 3. The van der Waals surface area contributed by atoms with Crippen molar-refractivity contribution in [2.24, 2.45) is 0 Å². The van der Waals surface area contributed by atoms with Crippen LogP contribution in [-0.4, -0.2) is 47.6 Å². The van der Waals surface area contributed by atoms with Gasteiger partial charge in [-0.3, -0.25) is 14.4 Å². The van der Waals surface area contributed by atoms with Crippen LogP contribution < -0.4 is 0 Å². The maximum Gasteiger partial charge on any atom is 0.155 e. The molecule has 0 saturated carbocycles. The van der Waals surface area contributed by atoms with Gasteiger partial charge < -0.3 is 43.5 Å². The van der Waals surface area contributed by atoms with Crippen molar-refractivity contribution in [1.29, 1.82) is 0 Å². The number of benzene rings is 6.